The SMILES string of the molecule is Cc1ccc(C(=O)NN=Cc2cc3c(cc2[N+](=O)[O-])OCO3)cc1. The summed E-state index contributed by atoms with van der Waals surface area (Å²) in [6.07, 6.45) is 1.20. The first-order chi connectivity index (χ1) is 11.5. The Morgan fingerprint density at radius 1 is 1.25 bits per heavy atom. The molecule has 0 spiro atoms. The molecule has 0 saturated heterocycles. The van der Waals surface area contributed by atoms with Crippen LogP contribution in [0.2, 0.25) is 0 Å². The predicted molar refractivity (Wildman–Crippen MR) is 85.5 cm³/mol. The van der Waals surface area contributed by atoms with Crippen LogP contribution in [0, 0.1) is 17.0 Å². The van der Waals surface area contributed by atoms with Crippen molar-refractivity contribution in [2.75, 3.05) is 6.79 Å². The molecule has 0 aromatic heterocycles. The first-order valence-corrected chi connectivity index (χ1v) is 7.03. The van der Waals surface area contributed by atoms with Crippen LogP contribution >= 0.6 is 0 Å². The zero-order valence-electron chi connectivity index (χ0n) is 12.7. The van der Waals surface area contributed by atoms with Crippen molar-refractivity contribution in [1.82, 2.24) is 5.43 Å². The normalized spacial score (nSPS) is 12.4. The molecule has 1 amide bonds. The molecule has 8 nitrogen and oxygen atoms in total. The van der Waals surface area contributed by atoms with E-state index in [9.17, 15) is 14.9 Å². The van der Waals surface area contributed by atoms with E-state index in [0.29, 0.717) is 17.1 Å². The van der Waals surface area contributed by atoms with Crippen molar-refractivity contribution in [2.45, 2.75) is 6.92 Å². The molecule has 0 saturated carbocycles. The summed E-state index contributed by atoms with van der Waals surface area (Å²) >= 11 is 0. The lowest BCUT2D eigenvalue weighted by molar-refractivity contribution is -0.385. The van der Waals surface area contributed by atoms with Gasteiger partial charge in [-0.1, -0.05) is 17.7 Å². The number of carbonyl (C=O) groups is 1. The van der Waals surface area contributed by atoms with Gasteiger partial charge in [0.25, 0.3) is 11.6 Å². The standard InChI is InChI=1S/C16H13N3O5/c1-10-2-4-11(5-3-10)16(20)18-17-8-12-6-14-15(24-9-23-14)7-13(12)19(21)22/h2-8H,9H2,1H3,(H,18,20). The monoisotopic (exact) mass is 327 g/mol. The molecular weight excluding hydrogens is 314 g/mol. The van der Waals surface area contributed by atoms with Gasteiger partial charge >= 0.3 is 0 Å². The lowest BCUT2D eigenvalue weighted by Crippen LogP contribution is -2.17. The van der Waals surface area contributed by atoms with Crippen molar-refractivity contribution >= 4 is 17.8 Å². The molecule has 1 aliphatic heterocycles. The molecule has 1 aliphatic rings. The summed E-state index contributed by atoms with van der Waals surface area (Å²) in [6.45, 7) is 1.93. The minimum absolute atomic E-state index is 0.0112. The Morgan fingerprint density at radius 2 is 1.92 bits per heavy atom. The molecular formula is C16H13N3O5. The van der Waals surface area contributed by atoms with Gasteiger partial charge in [0.15, 0.2) is 11.5 Å². The number of nitro groups is 1. The minimum Gasteiger partial charge on any atom is -0.454 e. The minimum atomic E-state index is -0.550. The highest BCUT2D eigenvalue weighted by Crippen LogP contribution is 2.37. The number of fused-ring (bicyclic) bond motifs is 1. The fourth-order valence-electron chi connectivity index (χ4n) is 2.14. The topological polar surface area (TPSA) is 103 Å². The second-order valence-electron chi connectivity index (χ2n) is 5.09. The van der Waals surface area contributed by atoms with E-state index >= 15 is 0 Å². The molecule has 0 bridgehead atoms. The maximum absolute atomic E-state index is 11.9. The number of nitro benzene ring substituents is 1. The van der Waals surface area contributed by atoms with Crippen molar-refractivity contribution in [3.63, 3.8) is 0 Å². The summed E-state index contributed by atoms with van der Waals surface area (Å²) < 4.78 is 10.3. The summed E-state index contributed by atoms with van der Waals surface area (Å²) in [7, 11) is 0. The lowest BCUT2D eigenvalue weighted by atomic mass is 10.1. The van der Waals surface area contributed by atoms with E-state index in [-0.39, 0.29) is 18.0 Å². The average Bonchev–Trinajstić information content (AvgIpc) is 3.01. The number of benzene rings is 2. The van der Waals surface area contributed by atoms with E-state index in [2.05, 4.69) is 10.5 Å². The number of nitrogens with zero attached hydrogens (tertiary/aromatic N) is 2. The Balaban J connectivity index is 1.78. The zero-order chi connectivity index (χ0) is 17.1. The number of hydrogen-bond acceptors (Lipinski definition) is 6. The highest BCUT2D eigenvalue weighted by atomic mass is 16.7. The van der Waals surface area contributed by atoms with E-state index in [4.69, 9.17) is 9.47 Å². The van der Waals surface area contributed by atoms with Crippen LogP contribution in [0.1, 0.15) is 21.5 Å². The zero-order valence-corrected chi connectivity index (χ0v) is 12.7. The van der Waals surface area contributed by atoms with Gasteiger partial charge in [0.2, 0.25) is 6.79 Å². The fraction of sp³-hybridized carbons (Fsp3) is 0.125. The first kappa shape index (κ1) is 15.5. The van der Waals surface area contributed by atoms with Gasteiger partial charge in [-0.25, -0.2) is 5.43 Å². The first-order valence-electron chi connectivity index (χ1n) is 7.03. The maximum Gasteiger partial charge on any atom is 0.282 e. The molecule has 24 heavy (non-hydrogen) atoms. The molecule has 8 heteroatoms. The molecule has 1 N–H and O–H groups in total. The molecule has 0 radical (unpaired) electrons. The van der Waals surface area contributed by atoms with E-state index in [1.807, 2.05) is 6.92 Å². The summed E-state index contributed by atoms with van der Waals surface area (Å²) in [5.74, 6) is 0.295. The molecule has 2 aromatic rings. The Bertz CT molecular complexity index is 830. The van der Waals surface area contributed by atoms with Crippen molar-refractivity contribution < 1.29 is 19.2 Å². The second-order valence-corrected chi connectivity index (χ2v) is 5.09. The predicted octanol–water partition coefficient (Wildman–Crippen LogP) is 2.40. The van der Waals surface area contributed by atoms with Crippen LogP contribution in [0.3, 0.4) is 0 Å². The van der Waals surface area contributed by atoms with Crippen LogP contribution in [-0.2, 0) is 0 Å². The number of hydrazone groups is 1. The van der Waals surface area contributed by atoms with Gasteiger partial charge < -0.3 is 9.47 Å². The number of carbonyl (C=O) groups excluding carboxylic acids is 1. The van der Waals surface area contributed by atoms with Gasteiger partial charge in [0.05, 0.1) is 22.8 Å². The van der Waals surface area contributed by atoms with Crippen LogP contribution < -0.4 is 14.9 Å². The number of ether oxygens (including phenoxy) is 2. The Kier molecular flexibility index (Phi) is 4.11. The third-order valence-corrected chi connectivity index (χ3v) is 3.40. The van der Waals surface area contributed by atoms with Gasteiger partial charge in [-0.05, 0) is 25.1 Å². The average molecular weight is 327 g/mol. The Hall–Kier alpha value is -3.42. The molecule has 0 atom stereocenters. The van der Waals surface area contributed by atoms with Gasteiger partial charge in [0, 0.05) is 5.56 Å². The van der Waals surface area contributed by atoms with Crippen LogP contribution in [-0.4, -0.2) is 23.8 Å². The molecule has 1 heterocycles. The fourth-order valence-corrected chi connectivity index (χ4v) is 2.14. The number of nitrogens with one attached hydrogen (secondary N) is 1. The maximum atomic E-state index is 11.9. The van der Waals surface area contributed by atoms with E-state index in [1.54, 1.807) is 24.3 Å². The quantitative estimate of drug-likeness (QED) is 0.527. The highest BCUT2D eigenvalue weighted by Gasteiger charge is 2.22. The number of rotatable bonds is 4. The largest absolute Gasteiger partial charge is 0.454 e. The molecule has 2 aromatic carbocycles. The molecule has 0 aliphatic carbocycles. The lowest BCUT2D eigenvalue weighted by Gasteiger charge is -2.02. The number of hydrogen-bond donors (Lipinski definition) is 1. The van der Waals surface area contributed by atoms with E-state index < -0.39 is 10.8 Å². The third-order valence-electron chi connectivity index (χ3n) is 3.40. The van der Waals surface area contributed by atoms with Crippen LogP contribution in [0.4, 0.5) is 5.69 Å². The smallest absolute Gasteiger partial charge is 0.282 e. The van der Waals surface area contributed by atoms with Crippen molar-refractivity contribution in [3.05, 3.63) is 63.2 Å². The van der Waals surface area contributed by atoms with Gasteiger partial charge in [-0.3, -0.25) is 14.9 Å². The summed E-state index contributed by atoms with van der Waals surface area (Å²) in [4.78, 5) is 22.5. The molecule has 122 valence electrons. The van der Waals surface area contributed by atoms with E-state index in [1.165, 1.54) is 18.3 Å². The van der Waals surface area contributed by atoms with Crippen molar-refractivity contribution in [2.24, 2.45) is 5.10 Å². The summed E-state index contributed by atoms with van der Waals surface area (Å²) in [5, 5.41) is 14.9. The molecule has 0 unspecified atom stereocenters. The van der Waals surface area contributed by atoms with Gasteiger partial charge in [-0.2, -0.15) is 5.10 Å². The summed E-state index contributed by atoms with van der Waals surface area (Å²) in [5.41, 5.74) is 3.83. The highest BCUT2D eigenvalue weighted by molar-refractivity contribution is 5.95. The third kappa shape index (κ3) is 3.17. The van der Waals surface area contributed by atoms with Crippen molar-refractivity contribution in [3.8, 4) is 11.5 Å². The number of amides is 1. The Morgan fingerprint density at radius 3 is 2.58 bits per heavy atom. The summed E-state index contributed by atoms with van der Waals surface area (Å²) in [6, 6.07) is 9.67. The Labute approximate surface area is 136 Å². The van der Waals surface area contributed by atoms with Gasteiger partial charge in [0.1, 0.15) is 0 Å². The van der Waals surface area contributed by atoms with Crippen LogP contribution in [0.5, 0.6) is 11.5 Å². The van der Waals surface area contributed by atoms with Crippen LogP contribution in [0.15, 0.2) is 41.5 Å². The van der Waals surface area contributed by atoms with E-state index in [0.717, 1.165) is 5.56 Å². The second kappa shape index (κ2) is 6.37. The number of aryl methyl sites for hydroxylation is 1. The van der Waals surface area contributed by atoms with Crippen molar-refractivity contribution in [1.29, 1.82) is 0 Å². The molecule has 0 fully saturated rings. The van der Waals surface area contributed by atoms with Crippen LogP contribution in [0.25, 0.3) is 0 Å². The van der Waals surface area contributed by atoms with Gasteiger partial charge in [-0.15, -0.1) is 0 Å². The molecule has 3 rings (SSSR count).